The SMILES string of the molecule is Cc1nc(Oc2ccc(NC(=O)Nc3cc(F)cc(F)c3)cc2)cc(-n2cccc2)n1. The van der Waals surface area contributed by atoms with E-state index < -0.39 is 17.7 Å². The Morgan fingerprint density at radius 2 is 1.55 bits per heavy atom. The fourth-order valence-electron chi connectivity index (χ4n) is 2.84. The van der Waals surface area contributed by atoms with Crippen molar-refractivity contribution in [3.8, 4) is 17.4 Å². The van der Waals surface area contributed by atoms with Crippen LogP contribution in [-0.4, -0.2) is 20.6 Å². The van der Waals surface area contributed by atoms with Gasteiger partial charge >= 0.3 is 6.03 Å². The third-order valence-electron chi connectivity index (χ3n) is 4.12. The van der Waals surface area contributed by atoms with Gasteiger partial charge in [0.1, 0.15) is 29.0 Å². The summed E-state index contributed by atoms with van der Waals surface area (Å²) in [6, 6.07) is 14.2. The fourth-order valence-corrected chi connectivity index (χ4v) is 2.84. The number of carbonyl (C=O) groups is 1. The number of anilines is 2. The molecule has 9 heteroatoms. The molecule has 0 radical (unpaired) electrons. The van der Waals surface area contributed by atoms with Crippen LogP contribution >= 0.6 is 0 Å². The van der Waals surface area contributed by atoms with Gasteiger partial charge in [-0.1, -0.05) is 0 Å². The lowest BCUT2D eigenvalue weighted by Crippen LogP contribution is -2.19. The number of benzene rings is 2. The van der Waals surface area contributed by atoms with Crippen LogP contribution in [0, 0.1) is 18.6 Å². The van der Waals surface area contributed by atoms with E-state index in [1.165, 1.54) is 0 Å². The van der Waals surface area contributed by atoms with Gasteiger partial charge in [0.25, 0.3) is 0 Å². The third-order valence-corrected chi connectivity index (χ3v) is 4.12. The molecule has 2 heterocycles. The molecule has 0 saturated heterocycles. The molecule has 0 saturated carbocycles. The summed E-state index contributed by atoms with van der Waals surface area (Å²) in [6.45, 7) is 1.77. The summed E-state index contributed by atoms with van der Waals surface area (Å²) in [5.41, 5.74) is 0.473. The normalized spacial score (nSPS) is 10.5. The van der Waals surface area contributed by atoms with Gasteiger partial charge in [-0.25, -0.2) is 18.6 Å². The number of ether oxygens (including phenoxy) is 1. The van der Waals surface area contributed by atoms with Crippen LogP contribution < -0.4 is 15.4 Å². The second-order valence-corrected chi connectivity index (χ2v) is 6.57. The molecule has 0 atom stereocenters. The average Bonchev–Trinajstić information content (AvgIpc) is 3.23. The molecule has 31 heavy (non-hydrogen) atoms. The van der Waals surface area contributed by atoms with Gasteiger partial charge in [0.2, 0.25) is 5.88 Å². The first kappa shape index (κ1) is 20.0. The van der Waals surface area contributed by atoms with E-state index in [9.17, 15) is 13.6 Å². The maximum Gasteiger partial charge on any atom is 0.323 e. The van der Waals surface area contributed by atoms with Crippen LogP contribution in [0.25, 0.3) is 5.82 Å². The van der Waals surface area contributed by atoms with E-state index in [0.717, 1.165) is 18.2 Å². The van der Waals surface area contributed by atoms with Crippen LogP contribution in [-0.2, 0) is 0 Å². The molecule has 0 aliphatic heterocycles. The van der Waals surface area contributed by atoms with E-state index in [-0.39, 0.29) is 5.69 Å². The quantitative estimate of drug-likeness (QED) is 0.459. The standard InChI is InChI=1S/C22H17F2N5O2/c1-14-25-20(29-8-2-3-9-29)13-21(26-14)31-19-6-4-17(5-7-19)27-22(30)28-18-11-15(23)10-16(24)12-18/h2-13H,1H3,(H2,27,28,30). The van der Waals surface area contributed by atoms with E-state index in [4.69, 9.17) is 4.74 Å². The van der Waals surface area contributed by atoms with E-state index in [0.29, 0.717) is 29.0 Å². The molecule has 2 N–H and O–H groups in total. The van der Waals surface area contributed by atoms with Gasteiger partial charge < -0.3 is 19.9 Å². The highest BCUT2D eigenvalue weighted by atomic mass is 19.1. The van der Waals surface area contributed by atoms with Crippen LogP contribution in [0.3, 0.4) is 0 Å². The number of nitrogens with one attached hydrogen (secondary N) is 2. The highest BCUT2D eigenvalue weighted by molar-refractivity contribution is 5.99. The summed E-state index contributed by atoms with van der Waals surface area (Å²) in [6.07, 6.45) is 3.74. The van der Waals surface area contributed by atoms with Crippen molar-refractivity contribution >= 4 is 17.4 Å². The first-order chi connectivity index (χ1) is 14.9. The molecule has 0 bridgehead atoms. The summed E-state index contributed by atoms with van der Waals surface area (Å²) in [4.78, 5) is 20.7. The van der Waals surface area contributed by atoms with Gasteiger partial charge in [-0.15, -0.1) is 0 Å². The number of amides is 2. The number of urea groups is 1. The zero-order valence-electron chi connectivity index (χ0n) is 16.3. The third kappa shape index (κ3) is 5.21. The van der Waals surface area contributed by atoms with Crippen LogP contribution in [0.4, 0.5) is 25.0 Å². The Morgan fingerprint density at radius 1 is 0.903 bits per heavy atom. The van der Waals surface area contributed by atoms with Crippen molar-refractivity contribution in [2.75, 3.05) is 10.6 Å². The molecule has 0 aliphatic carbocycles. The summed E-state index contributed by atoms with van der Waals surface area (Å²) in [5.74, 6) is 0.562. The highest BCUT2D eigenvalue weighted by Crippen LogP contribution is 2.23. The Balaban J connectivity index is 1.41. The molecule has 4 rings (SSSR count). The van der Waals surface area contributed by atoms with Gasteiger partial charge in [-0.05, 0) is 55.5 Å². The molecule has 0 spiro atoms. The van der Waals surface area contributed by atoms with Gasteiger partial charge in [-0.2, -0.15) is 4.98 Å². The van der Waals surface area contributed by atoms with Crippen molar-refractivity contribution in [2.45, 2.75) is 6.92 Å². The van der Waals surface area contributed by atoms with Crippen LogP contribution in [0.5, 0.6) is 11.6 Å². The van der Waals surface area contributed by atoms with E-state index in [1.807, 2.05) is 29.1 Å². The van der Waals surface area contributed by atoms with Crippen LogP contribution in [0.1, 0.15) is 5.82 Å². The molecule has 7 nitrogen and oxygen atoms in total. The molecule has 0 fully saturated rings. The van der Waals surface area contributed by atoms with Crippen molar-refractivity contribution in [3.63, 3.8) is 0 Å². The van der Waals surface area contributed by atoms with Gasteiger partial charge in [0, 0.05) is 35.9 Å². The van der Waals surface area contributed by atoms with E-state index >= 15 is 0 Å². The molecular weight excluding hydrogens is 404 g/mol. The number of carbonyl (C=O) groups excluding carboxylic acids is 1. The Kier molecular flexibility index (Phi) is 5.57. The molecule has 156 valence electrons. The second-order valence-electron chi connectivity index (χ2n) is 6.57. The number of nitrogens with zero attached hydrogens (tertiary/aromatic N) is 3. The maximum absolute atomic E-state index is 13.2. The van der Waals surface area contributed by atoms with Crippen LogP contribution in [0.2, 0.25) is 0 Å². The monoisotopic (exact) mass is 421 g/mol. The highest BCUT2D eigenvalue weighted by Gasteiger charge is 2.08. The molecule has 2 amide bonds. The minimum atomic E-state index is -0.781. The topological polar surface area (TPSA) is 81.1 Å². The van der Waals surface area contributed by atoms with Gasteiger partial charge in [0.15, 0.2) is 0 Å². The predicted octanol–water partition coefficient (Wildman–Crippen LogP) is 5.29. The lowest BCUT2D eigenvalue weighted by atomic mass is 10.3. The molecule has 0 aliphatic rings. The maximum atomic E-state index is 13.2. The molecule has 0 unspecified atom stereocenters. The van der Waals surface area contributed by atoms with Crippen molar-refractivity contribution in [1.29, 1.82) is 0 Å². The first-order valence-electron chi connectivity index (χ1n) is 9.26. The van der Waals surface area contributed by atoms with E-state index in [1.54, 1.807) is 37.3 Å². The zero-order chi connectivity index (χ0) is 21.8. The lowest BCUT2D eigenvalue weighted by Gasteiger charge is -2.10. The lowest BCUT2D eigenvalue weighted by molar-refractivity contribution is 0.262. The number of halogens is 2. The van der Waals surface area contributed by atoms with Crippen molar-refractivity contribution in [1.82, 2.24) is 14.5 Å². The van der Waals surface area contributed by atoms with Crippen molar-refractivity contribution in [3.05, 3.63) is 90.5 Å². The smallest absolute Gasteiger partial charge is 0.323 e. The second kappa shape index (κ2) is 8.62. The van der Waals surface area contributed by atoms with Crippen molar-refractivity contribution in [2.24, 2.45) is 0 Å². The minimum absolute atomic E-state index is 0.00702. The Hall–Kier alpha value is -4.27. The molecule has 2 aromatic carbocycles. The number of aromatic nitrogens is 3. The summed E-state index contributed by atoms with van der Waals surface area (Å²) >= 11 is 0. The Labute approximate surface area is 176 Å². The summed E-state index contributed by atoms with van der Waals surface area (Å²) in [7, 11) is 0. The Bertz CT molecular complexity index is 1190. The Morgan fingerprint density at radius 3 is 2.23 bits per heavy atom. The molecular formula is C22H17F2N5O2. The molecule has 2 aromatic heterocycles. The first-order valence-corrected chi connectivity index (χ1v) is 9.26. The predicted molar refractivity (Wildman–Crippen MR) is 112 cm³/mol. The summed E-state index contributed by atoms with van der Waals surface area (Å²) < 4.78 is 34.1. The minimum Gasteiger partial charge on any atom is -0.439 e. The fraction of sp³-hybridized carbons (Fsp3) is 0.0455. The van der Waals surface area contributed by atoms with Crippen LogP contribution in [0.15, 0.2) is 73.1 Å². The number of rotatable bonds is 5. The van der Waals surface area contributed by atoms with Gasteiger partial charge in [-0.3, -0.25) is 0 Å². The number of hydrogen-bond donors (Lipinski definition) is 2. The van der Waals surface area contributed by atoms with E-state index in [2.05, 4.69) is 20.6 Å². The number of aryl methyl sites for hydroxylation is 1. The molecule has 4 aromatic rings. The zero-order valence-corrected chi connectivity index (χ0v) is 16.3. The largest absolute Gasteiger partial charge is 0.439 e. The number of hydrogen-bond acceptors (Lipinski definition) is 4. The van der Waals surface area contributed by atoms with Gasteiger partial charge in [0.05, 0.1) is 0 Å². The van der Waals surface area contributed by atoms with Crippen molar-refractivity contribution < 1.29 is 18.3 Å². The summed E-state index contributed by atoms with van der Waals surface area (Å²) in [5, 5.41) is 4.95. The average molecular weight is 421 g/mol.